The van der Waals surface area contributed by atoms with Gasteiger partial charge in [0.25, 0.3) is 0 Å². The topological polar surface area (TPSA) is 89.1 Å². The lowest BCUT2D eigenvalue weighted by molar-refractivity contribution is 0.376. The van der Waals surface area contributed by atoms with Gasteiger partial charge >= 0.3 is 0 Å². The number of ether oxygens (including phenoxy) is 2. The van der Waals surface area contributed by atoms with E-state index in [1.807, 2.05) is 0 Å². The largest absolute Gasteiger partial charge is 0.507 e. The lowest BCUT2D eigenvalue weighted by Crippen LogP contribution is -2.03. The molecule has 0 aliphatic carbocycles. The van der Waals surface area contributed by atoms with Crippen LogP contribution in [0.2, 0.25) is 0 Å². The molecular weight excluding hydrogens is 276 g/mol. The molecule has 0 radical (unpaired) electrons. The molecule has 0 aliphatic rings. The summed E-state index contributed by atoms with van der Waals surface area (Å²) >= 11 is 0. The SMILES string of the molecule is COc1cc(O)c2c(=O)c3c(O)c(OC)ccc3oc2c1. The number of fused-ring (bicyclic) bond motifs is 2. The summed E-state index contributed by atoms with van der Waals surface area (Å²) in [6.45, 7) is 0. The predicted octanol–water partition coefficient (Wildman–Crippen LogP) is 2.37. The minimum Gasteiger partial charge on any atom is -0.507 e. The molecule has 2 N–H and O–H groups in total. The van der Waals surface area contributed by atoms with E-state index in [9.17, 15) is 15.0 Å². The Labute approximate surface area is 118 Å². The molecule has 0 amide bonds. The van der Waals surface area contributed by atoms with Gasteiger partial charge in [-0.05, 0) is 12.1 Å². The number of benzene rings is 2. The fourth-order valence-corrected chi connectivity index (χ4v) is 2.27. The third-order valence-electron chi connectivity index (χ3n) is 3.29. The number of methoxy groups -OCH3 is 2. The van der Waals surface area contributed by atoms with Gasteiger partial charge in [0.05, 0.1) is 14.2 Å². The van der Waals surface area contributed by atoms with Gasteiger partial charge in [-0.1, -0.05) is 0 Å². The maximum Gasteiger partial charge on any atom is 0.208 e. The molecule has 1 heterocycles. The van der Waals surface area contributed by atoms with Crippen molar-refractivity contribution in [1.82, 2.24) is 0 Å². The molecule has 3 aromatic rings. The van der Waals surface area contributed by atoms with Gasteiger partial charge in [0.2, 0.25) is 5.43 Å². The smallest absolute Gasteiger partial charge is 0.208 e. The second-order valence-electron chi connectivity index (χ2n) is 4.44. The molecule has 0 spiro atoms. The summed E-state index contributed by atoms with van der Waals surface area (Å²) < 4.78 is 15.6. The molecule has 108 valence electrons. The van der Waals surface area contributed by atoms with Crippen LogP contribution in [0.4, 0.5) is 0 Å². The fourth-order valence-electron chi connectivity index (χ4n) is 2.27. The number of rotatable bonds is 2. The lowest BCUT2D eigenvalue weighted by atomic mass is 10.1. The molecule has 0 aliphatic heterocycles. The van der Waals surface area contributed by atoms with Crippen LogP contribution in [0.1, 0.15) is 0 Å². The number of hydrogen-bond donors (Lipinski definition) is 2. The van der Waals surface area contributed by atoms with E-state index >= 15 is 0 Å². The molecule has 0 atom stereocenters. The molecule has 6 nitrogen and oxygen atoms in total. The van der Waals surface area contributed by atoms with Gasteiger partial charge in [-0.15, -0.1) is 0 Å². The van der Waals surface area contributed by atoms with Gasteiger partial charge in [-0.3, -0.25) is 4.79 Å². The van der Waals surface area contributed by atoms with Gasteiger partial charge < -0.3 is 24.1 Å². The summed E-state index contributed by atoms with van der Waals surface area (Å²) in [4.78, 5) is 12.5. The molecule has 2 aromatic carbocycles. The highest BCUT2D eigenvalue weighted by molar-refractivity contribution is 5.97. The Kier molecular flexibility index (Phi) is 2.86. The molecule has 1 aromatic heterocycles. The number of phenolic OH excluding ortho intramolecular Hbond substituents is 2. The molecule has 0 bridgehead atoms. The Bertz CT molecular complexity index is 910. The van der Waals surface area contributed by atoms with Crippen molar-refractivity contribution in [2.45, 2.75) is 0 Å². The van der Waals surface area contributed by atoms with Crippen LogP contribution in [-0.2, 0) is 0 Å². The lowest BCUT2D eigenvalue weighted by Gasteiger charge is -2.08. The van der Waals surface area contributed by atoms with E-state index in [4.69, 9.17) is 13.9 Å². The van der Waals surface area contributed by atoms with Crippen LogP contribution in [0, 0.1) is 0 Å². The molecule has 0 fully saturated rings. The normalized spacial score (nSPS) is 11.0. The van der Waals surface area contributed by atoms with E-state index < -0.39 is 5.43 Å². The minimum absolute atomic E-state index is 0.0214. The highest BCUT2D eigenvalue weighted by Gasteiger charge is 2.18. The Morgan fingerprint density at radius 1 is 1.00 bits per heavy atom. The number of aromatic hydroxyl groups is 2. The summed E-state index contributed by atoms with van der Waals surface area (Å²) in [5.74, 6) is -0.0783. The third-order valence-corrected chi connectivity index (χ3v) is 3.29. The first-order valence-electron chi connectivity index (χ1n) is 6.10. The zero-order valence-electron chi connectivity index (χ0n) is 11.3. The highest BCUT2D eigenvalue weighted by atomic mass is 16.5. The van der Waals surface area contributed by atoms with Crippen molar-refractivity contribution < 1.29 is 24.1 Å². The molecule has 0 unspecified atom stereocenters. The Morgan fingerprint density at radius 2 is 1.76 bits per heavy atom. The molecule has 0 saturated carbocycles. The van der Waals surface area contributed by atoms with Crippen molar-refractivity contribution in [2.24, 2.45) is 0 Å². The maximum absolute atomic E-state index is 12.5. The summed E-state index contributed by atoms with van der Waals surface area (Å²) in [7, 11) is 2.82. The summed E-state index contributed by atoms with van der Waals surface area (Å²) in [5.41, 5.74) is -0.171. The van der Waals surface area contributed by atoms with Gasteiger partial charge in [0.15, 0.2) is 11.5 Å². The van der Waals surface area contributed by atoms with Crippen LogP contribution in [0.25, 0.3) is 21.9 Å². The Morgan fingerprint density at radius 3 is 2.43 bits per heavy atom. The first-order chi connectivity index (χ1) is 10.1. The number of hydrogen-bond acceptors (Lipinski definition) is 6. The molecule has 21 heavy (non-hydrogen) atoms. The first-order valence-corrected chi connectivity index (χ1v) is 6.10. The minimum atomic E-state index is -0.539. The fraction of sp³-hybridized carbons (Fsp3) is 0.133. The molecular formula is C15H12O6. The van der Waals surface area contributed by atoms with E-state index in [0.29, 0.717) is 5.75 Å². The van der Waals surface area contributed by atoms with Gasteiger partial charge in [-0.2, -0.15) is 0 Å². The second-order valence-corrected chi connectivity index (χ2v) is 4.44. The standard InChI is InChI=1S/C15H12O6/c1-19-7-5-8(16)12-11(6-7)21-9-3-4-10(20-2)14(17)13(9)15(12)18/h3-6,16-17H,1-2H3. The summed E-state index contributed by atoms with van der Waals surface area (Å²) in [5, 5.41) is 20.0. The van der Waals surface area contributed by atoms with Gasteiger partial charge in [0.1, 0.15) is 33.4 Å². The van der Waals surface area contributed by atoms with Crippen LogP contribution >= 0.6 is 0 Å². The van der Waals surface area contributed by atoms with Crippen LogP contribution in [0.15, 0.2) is 33.5 Å². The summed E-state index contributed by atoms with van der Waals surface area (Å²) in [6.07, 6.45) is 0. The van der Waals surface area contributed by atoms with E-state index in [-0.39, 0.29) is 39.2 Å². The Balaban J connectivity index is 2.53. The van der Waals surface area contributed by atoms with E-state index in [1.165, 1.54) is 38.5 Å². The highest BCUT2D eigenvalue weighted by Crippen LogP contribution is 2.36. The van der Waals surface area contributed by atoms with Gasteiger partial charge in [0, 0.05) is 12.1 Å². The second kappa shape index (κ2) is 4.59. The molecule has 6 heteroatoms. The summed E-state index contributed by atoms with van der Waals surface area (Å²) in [6, 6.07) is 5.82. The van der Waals surface area contributed by atoms with Crippen LogP contribution in [0.5, 0.6) is 23.0 Å². The van der Waals surface area contributed by atoms with Crippen molar-refractivity contribution in [3.63, 3.8) is 0 Å². The van der Waals surface area contributed by atoms with Crippen molar-refractivity contribution >= 4 is 21.9 Å². The monoisotopic (exact) mass is 288 g/mol. The zero-order valence-corrected chi connectivity index (χ0v) is 11.3. The van der Waals surface area contributed by atoms with Crippen LogP contribution in [0.3, 0.4) is 0 Å². The quantitative estimate of drug-likeness (QED) is 0.704. The molecule has 3 rings (SSSR count). The van der Waals surface area contributed by atoms with Gasteiger partial charge in [-0.25, -0.2) is 0 Å². The average Bonchev–Trinajstić information content (AvgIpc) is 2.46. The maximum atomic E-state index is 12.5. The molecule has 0 saturated heterocycles. The van der Waals surface area contributed by atoms with Crippen molar-refractivity contribution in [3.05, 3.63) is 34.5 Å². The van der Waals surface area contributed by atoms with E-state index in [1.54, 1.807) is 0 Å². The Hall–Kier alpha value is -2.89. The van der Waals surface area contributed by atoms with Crippen LogP contribution in [-0.4, -0.2) is 24.4 Å². The van der Waals surface area contributed by atoms with E-state index in [0.717, 1.165) is 0 Å². The first kappa shape index (κ1) is 13.1. The van der Waals surface area contributed by atoms with Crippen molar-refractivity contribution in [1.29, 1.82) is 0 Å². The van der Waals surface area contributed by atoms with Crippen LogP contribution < -0.4 is 14.9 Å². The number of phenols is 2. The van der Waals surface area contributed by atoms with Crippen molar-refractivity contribution in [3.8, 4) is 23.0 Å². The zero-order chi connectivity index (χ0) is 15.1. The van der Waals surface area contributed by atoms with Crippen molar-refractivity contribution in [2.75, 3.05) is 14.2 Å². The third kappa shape index (κ3) is 1.84. The van der Waals surface area contributed by atoms with E-state index in [2.05, 4.69) is 0 Å². The average molecular weight is 288 g/mol. The predicted molar refractivity (Wildman–Crippen MR) is 76.4 cm³/mol.